The predicted molar refractivity (Wildman–Crippen MR) is 92.8 cm³/mol. The van der Waals surface area contributed by atoms with E-state index in [9.17, 15) is 14.9 Å². The molecule has 1 amide bonds. The lowest BCUT2D eigenvalue weighted by atomic mass is 10.2. The molecular weight excluding hydrogens is 362 g/mol. The van der Waals surface area contributed by atoms with Gasteiger partial charge in [-0.3, -0.25) is 24.9 Å². The van der Waals surface area contributed by atoms with E-state index < -0.39 is 16.9 Å². The van der Waals surface area contributed by atoms with Crippen LogP contribution in [-0.2, 0) is 11.3 Å². The summed E-state index contributed by atoms with van der Waals surface area (Å²) in [5, 5.41) is 21.9. The molecule has 1 aromatic carbocycles. The van der Waals surface area contributed by atoms with Crippen LogP contribution in [0.5, 0.6) is 0 Å². The first-order chi connectivity index (χ1) is 12.4. The summed E-state index contributed by atoms with van der Waals surface area (Å²) in [4.78, 5) is 26.4. The zero-order valence-electron chi connectivity index (χ0n) is 13.6. The van der Waals surface area contributed by atoms with Gasteiger partial charge in [-0.2, -0.15) is 5.10 Å². The SMILES string of the molecule is CC(C(=O)Nc1ncn(Cc2cccc(Cl)c2)n1)n1cc([N+](=O)[O-])cn1. The summed E-state index contributed by atoms with van der Waals surface area (Å²) < 4.78 is 2.77. The van der Waals surface area contributed by atoms with Gasteiger partial charge >= 0.3 is 5.69 Å². The molecule has 3 aromatic rings. The van der Waals surface area contributed by atoms with Gasteiger partial charge in [-0.25, -0.2) is 9.67 Å². The third-order valence-electron chi connectivity index (χ3n) is 3.58. The van der Waals surface area contributed by atoms with Crippen LogP contribution in [0.2, 0.25) is 5.02 Å². The third-order valence-corrected chi connectivity index (χ3v) is 3.82. The number of halogens is 1. The van der Waals surface area contributed by atoms with Crippen LogP contribution < -0.4 is 5.32 Å². The van der Waals surface area contributed by atoms with Gasteiger partial charge in [0, 0.05) is 5.02 Å². The molecule has 10 nitrogen and oxygen atoms in total. The second-order valence-electron chi connectivity index (χ2n) is 5.50. The van der Waals surface area contributed by atoms with Crippen LogP contribution in [0.3, 0.4) is 0 Å². The van der Waals surface area contributed by atoms with Crippen molar-refractivity contribution in [3.05, 3.63) is 63.7 Å². The first kappa shape index (κ1) is 17.5. The van der Waals surface area contributed by atoms with Crippen LogP contribution in [-0.4, -0.2) is 35.4 Å². The molecule has 1 atom stereocenters. The van der Waals surface area contributed by atoms with Crippen molar-refractivity contribution in [2.24, 2.45) is 0 Å². The number of amides is 1. The second kappa shape index (κ2) is 7.31. The van der Waals surface area contributed by atoms with Crippen LogP contribution >= 0.6 is 11.6 Å². The van der Waals surface area contributed by atoms with E-state index in [2.05, 4.69) is 20.5 Å². The molecule has 11 heteroatoms. The van der Waals surface area contributed by atoms with Crippen LogP contribution in [0.4, 0.5) is 11.6 Å². The summed E-state index contributed by atoms with van der Waals surface area (Å²) in [5.41, 5.74) is 0.756. The quantitative estimate of drug-likeness (QED) is 0.521. The van der Waals surface area contributed by atoms with Gasteiger partial charge in [0.2, 0.25) is 5.95 Å². The van der Waals surface area contributed by atoms with Crippen LogP contribution in [0.1, 0.15) is 18.5 Å². The lowest BCUT2D eigenvalue weighted by Gasteiger charge is -2.10. The van der Waals surface area contributed by atoms with Crippen LogP contribution in [0, 0.1) is 10.1 Å². The Morgan fingerprint density at radius 1 is 1.46 bits per heavy atom. The monoisotopic (exact) mass is 375 g/mol. The van der Waals surface area contributed by atoms with Gasteiger partial charge in [-0.05, 0) is 24.6 Å². The maximum atomic E-state index is 12.3. The molecule has 0 radical (unpaired) electrons. The van der Waals surface area contributed by atoms with Gasteiger partial charge in [0.05, 0.1) is 11.5 Å². The number of rotatable bonds is 6. The normalized spacial score (nSPS) is 11.9. The lowest BCUT2D eigenvalue weighted by Crippen LogP contribution is -2.24. The molecule has 0 aliphatic carbocycles. The smallest absolute Gasteiger partial charge is 0.291 e. The average molecular weight is 376 g/mol. The predicted octanol–water partition coefficient (Wildman–Crippen LogP) is 2.28. The number of benzene rings is 1. The van der Waals surface area contributed by atoms with Gasteiger partial charge in [-0.1, -0.05) is 23.7 Å². The van der Waals surface area contributed by atoms with Crippen molar-refractivity contribution >= 4 is 29.1 Å². The highest BCUT2D eigenvalue weighted by Gasteiger charge is 2.20. The number of carbonyl (C=O) groups is 1. The third kappa shape index (κ3) is 4.03. The fourth-order valence-corrected chi connectivity index (χ4v) is 2.43. The van der Waals surface area contributed by atoms with E-state index in [0.717, 1.165) is 11.8 Å². The highest BCUT2D eigenvalue weighted by molar-refractivity contribution is 6.30. The number of hydrogen-bond acceptors (Lipinski definition) is 6. The van der Waals surface area contributed by atoms with E-state index in [-0.39, 0.29) is 11.6 Å². The van der Waals surface area contributed by atoms with Crippen molar-refractivity contribution < 1.29 is 9.72 Å². The molecule has 0 spiro atoms. The van der Waals surface area contributed by atoms with Crippen molar-refractivity contribution in [1.82, 2.24) is 24.5 Å². The Bertz CT molecular complexity index is 952. The number of hydrogen-bond donors (Lipinski definition) is 1. The van der Waals surface area contributed by atoms with Crippen molar-refractivity contribution in [3.8, 4) is 0 Å². The molecule has 26 heavy (non-hydrogen) atoms. The van der Waals surface area contributed by atoms with E-state index >= 15 is 0 Å². The van der Waals surface area contributed by atoms with Gasteiger partial charge in [-0.15, -0.1) is 5.10 Å². The van der Waals surface area contributed by atoms with Crippen molar-refractivity contribution in [1.29, 1.82) is 0 Å². The minimum atomic E-state index is -0.761. The number of nitrogens with zero attached hydrogens (tertiary/aromatic N) is 6. The molecule has 2 heterocycles. The van der Waals surface area contributed by atoms with E-state index in [4.69, 9.17) is 11.6 Å². The second-order valence-corrected chi connectivity index (χ2v) is 5.93. The summed E-state index contributed by atoms with van der Waals surface area (Å²) in [7, 11) is 0. The Morgan fingerprint density at radius 3 is 2.96 bits per heavy atom. The lowest BCUT2D eigenvalue weighted by molar-refractivity contribution is -0.385. The van der Waals surface area contributed by atoms with Crippen molar-refractivity contribution in [2.75, 3.05) is 5.32 Å². The maximum absolute atomic E-state index is 12.3. The average Bonchev–Trinajstić information content (AvgIpc) is 3.24. The molecule has 0 bridgehead atoms. The fraction of sp³-hybridized carbons (Fsp3) is 0.200. The molecule has 3 rings (SSSR count). The Hall–Kier alpha value is -3.27. The first-order valence-corrected chi connectivity index (χ1v) is 7.93. The molecule has 0 aliphatic heterocycles. The van der Waals surface area contributed by atoms with E-state index in [0.29, 0.717) is 11.6 Å². The Morgan fingerprint density at radius 2 is 2.27 bits per heavy atom. The molecule has 0 saturated carbocycles. The molecular formula is C15H14ClN7O3. The Kier molecular flexibility index (Phi) is 4.94. The Balaban J connectivity index is 1.64. The van der Waals surface area contributed by atoms with Gasteiger partial charge in [0.1, 0.15) is 24.8 Å². The number of aromatic nitrogens is 5. The molecule has 0 fully saturated rings. The van der Waals surface area contributed by atoms with E-state index in [1.807, 2.05) is 18.2 Å². The molecule has 0 saturated heterocycles. The summed E-state index contributed by atoms with van der Waals surface area (Å²) in [6, 6.07) is 6.57. The summed E-state index contributed by atoms with van der Waals surface area (Å²) >= 11 is 5.95. The van der Waals surface area contributed by atoms with Gasteiger partial charge < -0.3 is 0 Å². The first-order valence-electron chi connectivity index (χ1n) is 7.55. The van der Waals surface area contributed by atoms with Gasteiger partial charge in [0.25, 0.3) is 5.91 Å². The molecule has 134 valence electrons. The highest BCUT2D eigenvalue weighted by Crippen LogP contribution is 2.15. The van der Waals surface area contributed by atoms with Crippen LogP contribution in [0.25, 0.3) is 0 Å². The number of nitro groups is 1. The molecule has 1 unspecified atom stereocenters. The number of nitrogens with one attached hydrogen (secondary N) is 1. The van der Waals surface area contributed by atoms with Gasteiger partial charge in [0.15, 0.2) is 0 Å². The summed E-state index contributed by atoms with van der Waals surface area (Å²) in [6.07, 6.45) is 3.76. The van der Waals surface area contributed by atoms with E-state index in [1.54, 1.807) is 17.7 Å². The number of carbonyl (C=O) groups excluding carboxylic acids is 1. The largest absolute Gasteiger partial charge is 0.307 e. The highest BCUT2D eigenvalue weighted by atomic mass is 35.5. The molecule has 0 aliphatic rings. The molecule has 2 aromatic heterocycles. The topological polar surface area (TPSA) is 121 Å². The minimum absolute atomic E-state index is 0.130. The zero-order chi connectivity index (χ0) is 18.7. The summed E-state index contributed by atoms with van der Waals surface area (Å²) in [5.74, 6) is -0.311. The number of anilines is 1. The zero-order valence-corrected chi connectivity index (χ0v) is 14.4. The standard InChI is InChI=1S/C15H14ClN7O3/c1-10(22-8-13(6-18-22)23(25)26)14(24)19-15-17-9-21(20-15)7-11-3-2-4-12(16)5-11/h2-6,8-10H,7H2,1H3,(H,19,20,24). The van der Waals surface area contributed by atoms with E-state index in [1.165, 1.54) is 17.2 Å². The van der Waals surface area contributed by atoms with Crippen molar-refractivity contribution in [3.63, 3.8) is 0 Å². The maximum Gasteiger partial charge on any atom is 0.307 e. The van der Waals surface area contributed by atoms with Crippen LogP contribution in [0.15, 0.2) is 43.0 Å². The minimum Gasteiger partial charge on any atom is -0.291 e. The fourth-order valence-electron chi connectivity index (χ4n) is 2.22. The Labute approximate surface area is 152 Å². The molecule has 1 N–H and O–H groups in total. The van der Waals surface area contributed by atoms with Crippen molar-refractivity contribution in [2.45, 2.75) is 19.5 Å². The summed E-state index contributed by atoms with van der Waals surface area (Å²) in [6.45, 7) is 2.01.